The van der Waals surface area contributed by atoms with E-state index in [9.17, 15) is 65.1 Å². The van der Waals surface area contributed by atoms with Crippen molar-refractivity contribution in [3.05, 3.63) is 0 Å². The van der Waals surface area contributed by atoms with Gasteiger partial charge < -0.3 is 157 Å². The van der Waals surface area contributed by atoms with E-state index < -0.39 is 123 Å². The molecule has 0 radical (unpaired) electrons. The van der Waals surface area contributed by atoms with Gasteiger partial charge in [-0.05, 0) is 13.3 Å². The average molecular weight is 1440 g/mol. The van der Waals surface area contributed by atoms with Crippen LogP contribution in [0.2, 0.25) is 0 Å². The number of hydrogen-bond donors (Lipinski definition) is 13. The largest absolute Gasteiger partial charge is 0.394 e. The quantitative estimate of drug-likeness (QED) is 0.0200. The molecule has 3 aliphatic heterocycles. The fourth-order valence-electron chi connectivity index (χ4n) is 9.77. The van der Waals surface area contributed by atoms with Gasteiger partial charge in [0.05, 0.1) is 210 Å². The van der Waals surface area contributed by atoms with Crippen LogP contribution in [0.15, 0.2) is 0 Å². The van der Waals surface area contributed by atoms with Gasteiger partial charge in [-0.15, -0.1) is 0 Å². The minimum Gasteiger partial charge on any atom is -0.394 e. The molecular weight excluding hydrogens is 1320 g/mol. The number of hydrogen-bond acceptors (Lipinski definition) is 32. The van der Waals surface area contributed by atoms with E-state index in [2.05, 4.69) is 21.3 Å². The van der Waals surface area contributed by atoms with Gasteiger partial charge in [0.25, 0.3) is 0 Å². The summed E-state index contributed by atoms with van der Waals surface area (Å²) in [6, 6.07) is 0. The highest BCUT2D eigenvalue weighted by Gasteiger charge is 2.45. The molecule has 3 aliphatic rings. The first-order valence-electron chi connectivity index (χ1n) is 34.3. The number of aliphatic hydroxyl groups is 9. The monoisotopic (exact) mass is 1440 g/mol. The number of rotatable bonds is 62. The molecule has 15 atom stereocenters. The first-order chi connectivity index (χ1) is 47.9. The second-order valence-corrected chi connectivity index (χ2v) is 23.6. The van der Waals surface area contributed by atoms with E-state index in [1.165, 1.54) is 0 Å². The van der Waals surface area contributed by atoms with E-state index in [0.717, 1.165) is 0 Å². The Morgan fingerprint density at radius 3 is 1.00 bits per heavy atom. The Balaban J connectivity index is 1.49. The Kier molecular flexibility index (Phi) is 51.1. The van der Waals surface area contributed by atoms with E-state index in [4.69, 9.17) is 90.0 Å². The molecule has 0 aromatic heterocycles. The topological polar surface area (TPSA) is 474 Å². The predicted molar refractivity (Wildman–Crippen MR) is 343 cm³/mol. The number of ether oxygens (including phenoxy) is 19. The summed E-state index contributed by atoms with van der Waals surface area (Å²) in [5, 5.41) is 100. The van der Waals surface area contributed by atoms with Gasteiger partial charge in [-0.25, -0.2) is 0 Å². The molecule has 36 heteroatoms. The van der Waals surface area contributed by atoms with Crippen molar-refractivity contribution >= 4 is 23.6 Å². The normalized spacial score (nSPS) is 26.3. The number of carbonyl (C=O) groups is 4. The number of nitrogens with one attached hydrogen (secondary N) is 4. The standard InChI is InChI=1S/C63H118N4O32/c1-5-81-21-22-85-29-30-86-26-23-82-15-10-53(74)67-63(40-89-16-7-50(71)64-11-6-14-92-43-93-33-36-96-62-46(4)56(77)59(80)49(39-70)99-62,41-90-17-8-51(72)65-12-19-83-24-27-87-31-34-94-60-44(2)54(75)57(78)47(37-68)97-60)42-91-18-9-52(73)66-13-20-84-25-28-88-32-35-95-61-45(3)55(76)58(79)48(38-69)98-61/h44-49,54-62,68-70,75-80H,5-43H2,1-4H3,(H,64,71)(H,65,72)(H,66,73)(H,67,74). The van der Waals surface area contributed by atoms with E-state index >= 15 is 0 Å². The fourth-order valence-corrected chi connectivity index (χ4v) is 9.77. The summed E-state index contributed by atoms with van der Waals surface area (Å²) in [7, 11) is 0. The number of aliphatic hydroxyl groups excluding tert-OH is 9. The maximum absolute atomic E-state index is 13.7. The van der Waals surface area contributed by atoms with Crippen LogP contribution >= 0.6 is 0 Å². The lowest BCUT2D eigenvalue weighted by molar-refractivity contribution is -0.284. The molecule has 99 heavy (non-hydrogen) atoms. The molecule has 0 aromatic rings. The van der Waals surface area contributed by atoms with E-state index in [1.807, 2.05) is 6.92 Å². The van der Waals surface area contributed by atoms with Gasteiger partial charge in [-0.1, -0.05) is 20.8 Å². The van der Waals surface area contributed by atoms with E-state index in [0.29, 0.717) is 39.5 Å². The van der Waals surface area contributed by atoms with Gasteiger partial charge >= 0.3 is 0 Å². The molecule has 15 unspecified atom stereocenters. The van der Waals surface area contributed by atoms with Crippen LogP contribution in [0, 0.1) is 17.8 Å². The summed E-state index contributed by atoms with van der Waals surface area (Å²) < 4.78 is 107. The lowest BCUT2D eigenvalue weighted by atomic mass is 9.92. The minimum atomic E-state index is -1.41. The van der Waals surface area contributed by atoms with E-state index in [1.54, 1.807) is 20.8 Å². The molecule has 582 valence electrons. The fraction of sp³-hybridized carbons (Fsp3) is 0.937. The van der Waals surface area contributed by atoms with Gasteiger partial charge in [-0.3, -0.25) is 19.2 Å². The first kappa shape index (κ1) is 90.0. The van der Waals surface area contributed by atoms with Crippen molar-refractivity contribution in [2.45, 2.75) is 139 Å². The third-order valence-electron chi connectivity index (χ3n) is 15.7. The molecule has 3 rings (SSSR count). The molecule has 36 nitrogen and oxygen atoms in total. The smallest absolute Gasteiger partial charge is 0.222 e. The molecule has 3 fully saturated rings. The summed E-state index contributed by atoms with van der Waals surface area (Å²) in [6.45, 7) is 10.1. The summed E-state index contributed by atoms with van der Waals surface area (Å²) in [5.41, 5.74) is -1.41. The van der Waals surface area contributed by atoms with Gasteiger partial charge in [0.15, 0.2) is 18.9 Å². The van der Waals surface area contributed by atoms with Gasteiger partial charge in [0.1, 0.15) is 49.0 Å². The van der Waals surface area contributed by atoms with Crippen LogP contribution in [0.1, 0.15) is 59.8 Å². The van der Waals surface area contributed by atoms with Gasteiger partial charge in [-0.2, -0.15) is 0 Å². The third-order valence-corrected chi connectivity index (χ3v) is 15.7. The number of carbonyl (C=O) groups excluding carboxylic acids is 4. The highest BCUT2D eigenvalue weighted by Crippen LogP contribution is 2.29. The lowest BCUT2D eigenvalue weighted by Crippen LogP contribution is -2.59. The molecule has 3 saturated heterocycles. The van der Waals surface area contributed by atoms with Crippen LogP contribution in [-0.4, -0.2) is 374 Å². The second-order valence-electron chi connectivity index (χ2n) is 23.6. The van der Waals surface area contributed by atoms with Crippen LogP contribution in [0.5, 0.6) is 0 Å². The van der Waals surface area contributed by atoms with Crippen LogP contribution in [0.4, 0.5) is 0 Å². The molecule has 0 saturated carbocycles. The number of amides is 4. The molecule has 4 amide bonds. The third kappa shape index (κ3) is 38.9. The summed E-state index contributed by atoms with van der Waals surface area (Å²) in [6.07, 6.45) is -12.4. The summed E-state index contributed by atoms with van der Waals surface area (Å²) in [5.74, 6) is -3.10. The molecule has 0 aromatic carbocycles. The zero-order valence-corrected chi connectivity index (χ0v) is 58.2. The second kappa shape index (κ2) is 56.2. The Labute approximate surface area is 579 Å². The Morgan fingerprint density at radius 2 is 0.636 bits per heavy atom. The van der Waals surface area contributed by atoms with Crippen molar-refractivity contribution in [1.82, 2.24) is 21.3 Å². The maximum Gasteiger partial charge on any atom is 0.222 e. The van der Waals surface area contributed by atoms with Gasteiger partial charge in [0, 0.05) is 69.7 Å². The van der Waals surface area contributed by atoms with Crippen molar-refractivity contribution in [3.8, 4) is 0 Å². The van der Waals surface area contributed by atoms with Crippen molar-refractivity contribution in [3.63, 3.8) is 0 Å². The zero-order chi connectivity index (χ0) is 72.3. The van der Waals surface area contributed by atoms with Crippen LogP contribution in [0.3, 0.4) is 0 Å². The Morgan fingerprint density at radius 1 is 0.343 bits per heavy atom. The summed E-state index contributed by atoms with van der Waals surface area (Å²) >= 11 is 0. The van der Waals surface area contributed by atoms with Gasteiger partial charge in [0.2, 0.25) is 23.6 Å². The molecule has 0 bridgehead atoms. The Hall–Kier alpha value is -3.24. The van der Waals surface area contributed by atoms with Crippen LogP contribution in [-0.2, 0) is 109 Å². The van der Waals surface area contributed by atoms with Crippen molar-refractivity contribution in [2.24, 2.45) is 17.8 Å². The van der Waals surface area contributed by atoms with Crippen molar-refractivity contribution in [2.75, 3.05) is 225 Å². The SMILES string of the molecule is CCOCCOCCOCCOCCC(=O)NC(COCCC(=O)NCCCOCOCCOC1OC(CO)C(O)C(O)C1C)(COCCC(=O)NCCOCCOCCOC1OC(CO)C(O)C(O)C1C)COCCC(=O)NCCOCCOCCOC1OC(CO)C(O)C(O)C1C. The molecular formula is C63H118N4O32. The maximum atomic E-state index is 13.7. The highest BCUT2D eigenvalue weighted by molar-refractivity contribution is 5.77. The van der Waals surface area contributed by atoms with Crippen molar-refractivity contribution < 1.29 is 155 Å². The lowest BCUT2D eigenvalue weighted by Gasteiger charge is -2.40. The molecule has 0 aliphatic carbocycles. The van der Waals surface area contributed by atoms with Crippen molar-refractivity contribution in [1.29, 1.82) is 0 Å². The molecule has 3 heterocycles. The first-order valence-corrected chi connectivity index (χ1v) is 34.3. The molecule has 13 N–H and O–H groups in total. The van der Waals surface area contributed by atoms with E-state index in [-0.39, 0.29) is 215 Å². The summed E-state index contributed by atoms with van der Waals surface area (Å²) in [4.78, 5) is 52.4. The van der Waals surface area contributed by atoms with Crippen LogP contribution in [0.25, 0.3) is 0 Å². The average Bonchev–Trinajstić information content (AvgIpc) is 0.841. The van der Waals surface area contributed by atoms with Crippen LogP contribution < -0.4 is 21.3 Å². The highest BCUT2D eigenvalue weighted by atomic mass is 16.7. The Bertz CT molecular complexity index is 1850. The minimum absolute atomic E-state index is 0.0239. The molecule has 0 spiro atoms. The zero-order valence-electron chi connectivity index (χ0n) is 58.2. The predicted octanol–water partition coefficient (Wildman–Crippen LogP) is -5.39.